The second kappa shape index (κ2) is 8.96. The van der Waals surface area contributed by atoms with Gasteiger partial charge in [0.2, 0.25) is 5.91 Å². The minimum Gasteiger partial charge on any atom is -0.351 e. The maximum absolute atomic E-state index is 11.9. The Morgan fingerprint density at radius 2 is 1.86 bits per heavy atom. The van der Waals surface area contributed by atoms with Crippen LogP contribution in [0.5, 0.6) is 0 Å². The highest BCUT2D eigenvalue weighted by Gasteiger charge is 2.23. The highest BCUT2D eigenvalue weighted by Crippen LogP contribution is 2.18. The molecule has 0 saturated carbocycles. The van der Waals surface area contributed by atoms with Gasteiger partial charge >= 0.3 is 0 Å². The van der Waals surface area contributed by atoms with E-state index in [4.69, 9.17) is 0 Å². The van der Waals surface area contributed by atoms with E-state index in [9.17, 15) is 13.2 Å². The van der Waals surface area contributed by atoms with Crippen LogP contribution in [-0.4, -0.2) is 45.0 Å². The Morgan fingerprint density at radius 3 is 2.38 bits per heavy atom. The molecule has 0 unspecified atom stereocenters. The van der Waals surface area contributed by atoms with Crippen molar-refractivity contribution >= 4 is 28.2 Å². The van der Waals surface area contributed by atoms with Crippen molar-refractivity contribution in [3.8, 4) is 0 Å². The molecule has 0 aromatic heterocycles. The monoisotopic (exact) mass is 340 g/mol. The fourth-order valence-electron chi connectivity index (χ4n) is 2.45. The van der Waals surface area contributed by atoms with Crippen molar-refractivity contribution in [2.75, 3.05) is 25.1 Å². The van der Waals surface area contributed by atoms with Gasteiger partial charge in [0.05, 0.1) is 5.75 Å². The summed E-state index contributed by atoms with van der Waals surface area (Å²) in [7, 11) is -2.98. The lowest BCUT2D eigenvalue weighted by Gasteiger charge is -2.27. The zero-order chi connectivity index (χ0) is 15.2. The topological polar surface area (TPSA) is 75.3 Å². The summed E-state index contributed by atoms with van der Waals surface area (Å²) < 4.78 is 22.4. The number of piperidine rings is 1. The van der Waals surface area contributed by atoms with E-state index in [2.05, 4.69) is 10.6 Å². The van der Waals surface area contributed by atoms with Crippen LogP contribution in [0.1, 0.15) is 46.0 Å². The van der Waals surface area contributed by atoms with E-state index in [0.29, 0.717) is 18.8 Å². The second-order valence-electron chi connectivity index (χ2n) is 6.54. The van der Waals surface area contributed by atoms with Crippen LogP contribution in [0.15, 0.2) is 0 Å². The smallest absolute Gasteiger partial charge is 0.220 e. The molecule has 0 spiro atoms. The molecule has 1 fully saturated rings. The number of amides is 1. The predicted octanol–water partition coefficient (Wildman–Crippen LogP) is 1.52. The third-order valence-corrected chi connectivity index (χ3v) is 4.76. The first-order valence-corrected chi connectivity index (χ1v) is 9.43. The Hall–Kier alpha value is -0.330. The number of carbonyl (C=O) groups excluding carboxylic acids is 1. The molecule has 0 atom stereocenters. The standard InChI is InChI=1S/C14H28N2O3S.ClH/c1-14(2,8-11-20(3,18)19)16-13(17)5-4-12-6-9-15-10-7-12;/h12,15H,4-11H2,1-3H3,(H,16,17);1H. The van der Waals surface area contributed by atoms with Gasteiger partial charge in [0.15, 0.2) is 0 Å². The molecule has 1 amide bonds. The van der Waals surface area contributed by atoms with Gasteiger partial charge in [-0.3, -0.25) is 4.79 Å². The summed E-state index contributed by atoms with van der Waals surface area (Å²) >= 11 is 0. The molecule has 1 aliphatic rings. The zero-order valence-corrected chi connectivity index (χ0v) is 14.9. The van der Waals surface area contributed by atoms with Gasteiger partial charge < -0.3 is 10.6 Å². The number of carbonyl (C=O) groups is 1. The molecule has 5 nitrogen and oxygen atoms in total. The van der Waals surface area contributed by atoms with Crippen LogP contribution >= 0.6 is 12.4 Å². The Balaban J connectivity index is 0.00000400. The second-order valence-corrected chi connectivity index (χ2v) is 8.80. The summed E-state index contributed by atoms with van der Waals surface area (Å²) in [6.07, 6.45) is 5.42. The molecule has 0 bridgehead atoms. The minimum atomic E-state index is -2.98. The molecule has 7 heteroatoms. The van der Waals surface area contributed by atoms with Crippen molar-refractivity contribution in [3.05, 3.63) is 0 Å². The third-order valence-electron chi connectivity index (χ3n) is 3.81. The number of halogens is 1. The molecule has 1 saturated heterocycles. The van der Waals surface area contributed by atoms with Crippen LogP contribution in [0.25, 0.3) is 0 Å². The van der Waals surface area contributed by atoms with Crippen LogP contribution in [0.4, 0.5) is 0 Å². The summed E-state index contributed by atoms with van der Waals surface area (Å²) in [4.78, 5) is 11.9. The third kappa shape index (κ3) is 10.1. The largest absolute Gasteiger partial charge is 0.351 e. The first kappa shape index (κ1) is 20.7. The van der Waals surface area contributed by atoms with Crippen LogP contribution in [-0.2, 0) is 14.6 Å². The van der Waals surface area contributed by atoms with Gasteiger partial charge in [-0.15, -0.1) is 12.4 Å². The lowest BCUT2D eigenvalue weighted by molar-refractivity contribution is -0.123. The van der Waals surface area contributed by atoms with E-state index in [1.165, 1.54) is 6.26 Å². The lowest BCUT2D eigenvalue weighted by Crippen LogP contribution is -2.44. The summed E-state index contributed by atoms with van der Waals surface area (Å²) in [5.41, 5.74) is -0.464. The number of hydrogen-bond acceptors (Lipinski definition) is 4. The van der Waals surface area contributed by atoms with E-state index in [0.717, 1.165) is 32.4 Å². The summed E-state index contributed by atoms with van der Waals surface area (Å²) in [5.74, 6) is 0.775. The number of nitrogens with one attached hydrogen (secondary N) is 2. The quantitative estimate of drug-likeness (QED) is 0.736. The zero-order valence-electron chi connectivity index (χ0n) is 13.3. The van der Waals surface area contributed by atoms with Crippen molar-refractivity contribution < 1.29 is 13.2 Å². The molecule has 21 heavy (non-hydrogen) atoms. The van der Waals surface area contributed by atoms with E-state index in [-0.39, 0.29) is 24.1 Å². The molecule has 1 rings (SSSR count). The molecule has 0 aromatic rings. The summed E-state index contributed by atoms with van der Waals surface area (Å²) in [6, 6.07) is 0. The Labute approximate surface area is 135 Å². The normalized spacial score (nSPS) is 17.1. The van der Waals surface area contributed by atoms with E-state index < -0.39 is 15.4 Å². The highest BCUT2D eigenvalue weighted by atomic mass is 35.5. The predicted molar refractivity (Wildman–Crippen MR) is 88.6 cm³/mol. The van der Waals surface area contributed by atoms with E-state index in [1.807, 2.05) is 13.8 Å². The van der Waals surface area contributed by atoms with Gasteiger partial charge in [0, 0.05) is 18.2 Å². The first-order chi connectivity index (χ1) is 9.18. The molecular formula is C14H29ClN2O3S. The molecule has 126 valence electrons. The van der Waals surface area contributed by atoms with Gasteiger partial charge in [0.1, 0.15) is 9.84 Å². The van der Waals surface area contributed by atoms with Crippen molar-refractivity contribution in [3.63, 3.8) is 0 Å². The van der Waals surface area contributed by atoms with E-state index >= 15 is 0 Å². The SMILES string of the molecule is CC(C)(CCS(C)(=O)=O)NC(=O)CCC1CCNCC1.Cl. The average Bonchev–Trinajstić information content (AvgIpc) is 2.34. The van der Waals surface area contributed by atoms with Gasteiger partial charge in [-0.2, -0.15) is 0 Å². The molecule has 1 aliphatic heterocycles. The number of rotatable bonds is 7. The molecule has 0 aliphatic carbocycles. The van der Waals surface area contributed by atoms with Crippen LogP contribution in [0, 0.1) is 5.92 Å². The van der Waals surface area contributed by atoms with Crippen LogP contribution < -0.4 is 10.6 Å². The number of sulfone groups is 1. The fourth-order valence-corrected chi connectivity index (χ4v) is 3.33. The maximum Gasteiger partial charge on any atom is 0.220 e. The van der Waals surface area contributed by atoms with Crippen molar-refractivity contribution in [1.82, 2.24) is 10.6 Å². The first-order valence-electron chi connectivity index (χ1n) is 7.37. The molecule has 1 heterocycles. The molecule has 2 N–H and O–H groups in total. The maximum atomic E-state index is 11.9. The fraction of sp³-hybridized carbons (Fsp3) is 0.929. The van der Waals surface area contributed by atoms with Gasteiger partial charge in [-0.25, -0.2) is 8.42 Å². The molecule has 0 radical (unpaired) electrons. The van der Waals surface area contributed by atoms with Crippen molar-refractivity contribution in [2.24, 2.45) is 5.92 Å². The van der Waals surface area contributed by atoms with Gasteiger partial charge in [-0.1, -0.05) is 0 Å². The Bertz CT molecular complexity index is 418. The van der Waals surface area contributed by atoms with Gasteiger partial charge in [-0.05, 0) is 58.5 Å². The van der Waals surface area contributed by atoms with Crippen LogP contribution in [0.2, 0.25) is 0 Å². The van der Waals surface area contributed by atoms with Crippen molar-refractivity contribution in [1.29, 1.82) is 0 Å². The average molecular weight is 341 g/mol. The lowest BCUT2D eigenvalue weighted by atomic mass is 9.92. The Kier molecular flexibility index (Phi) is 8.81. The minimum absolute atomic E-state index is 0. The van der Waals surface area contributed by atoms with E-state index in [1.54, 1.807) is 0 Å². The summed E-state index contributed by atoms with van der Waals surface area (Å²) in [6.45, 7) is 5.85. The molecular weight excluding hydrogens is 312 g/mol. The van der Waals surface area contributed by atoms with Crippen molar-refractivity contribution in [2.45, 2.75) is 51.5 Å². The van der Waals surface area contributed by atoms with Crippen LogP contribution in [0.3, 0.4) is 0 Å². The Morgan fingerprint density at radius 1 is 1.29 bits per heavy atom. The van der Waals surface area contributed by atoms with Gasteiger partial charge in [0.25, 0.3) is 0 Å². The highest BCUT2D eigenvalue weighted by molar-refractivity contribution is 7.90. The molecule has 0 aromatic carbocycles. The summed E-state index contributed by atoms with van der Waals surface area (Å²) in [5, 5.41) is 6.26. The number of hydrogen-bond donors (Lipinski definition) is 2.